The minimum absolute atomic E-state index is 0.0604. The van der Waals surface area contributed by atoms with Crippen LogP contribution in [0.3, 0.4) is 0 Å². The van der Waals surface area contributed by atoms with Gasteiger partial charge in [-0.1, -0.05) is 63.7 Å². The number of ether oxygens (including phenoxy) is 1. The summed E-state index contributed by atoms with van der Waals surface area (Å²) in [6.07, 6.45) is 0.398. The SMILES string of the molecule is CC[C@@H](C(=O)NC(C)(C)C)N(Cc1c(Cl)cccc1Cl)C(=O)COc1ccc(Br)cc1Cl. The zero-order chi connectivity index (χ0) is 24.1. The van der Waals surface area contributed by atoms with Crippen LogP contribution in [0.2, 0.25) is 15.1 Å². The molecule has 0 aromatic heterocycles. The van der Waals surface area contributed by atoms with Crippen molar-refractivity contribution in [2.24, 2.45) is 0 Å². The minimum atomic E-state index is -0.738. The van der Waals surface area contributed by atoms with Gasteiger partial charge in [-0.05, 0) is 57.5 Å². The summed E-state index contributed by atoms with van der Waals surface area (Å²) < 4.78 is 6.46. The molecular weight excluding hydrogens is 539 g/mol. The number of rotatable bonds is 8. The molecule has 0 saturated carbocycles. The molecule has 0 aliphatic carbocycles. The van der Waals surface area contributed by atoms with Gasteiger partial charge in [-0.25, -0.2) is 0 Å². The van der Waals surface area contributed by atoms with Gasteiger partial charge in [0.1, 0.15) is 11.8 Å². The van der Waals surface area contributed by atoms with Crippen molar-refractivity contribution in [3.8, 4) is 5.75 Å². The van der Waals surface area contributed by atoms with Crippen molar-refractivity contribution in [3.63, 3.8) is 0 Å². The lowest BCUT2D eigenvalue weighted by molar-refractivity contribution is -0.143. The van der Waals surface area contributed by atoms with Crippen LogP contribution in [-0.4, -0.2) is 34.9 Å². The van der Waals surface area contributed by atoms with Gasteiger partial charge in [-0.2, -0.15) is 0 Å². The zero-order valence-corrected chi connectivity index (χ0v) is 22.2. The molecule has 0 bridgehead atoms. The molecular formula is C23H26BrCl3N2O3. The first-order valence-electron chi connectivity index (χ1n) is 10.0. The lowest BCUT2D eigenvalue weighted by Crippen LogP contribution is -2.54. The fourth-order valence-corrected chi connectivity index (χ4v) is 4.29. The van der Waals surface area contributed by atoms with Gasteiger partial charge >= 0.3 is 0 Å². The van der Waals surface area contributed by atoms with E-state index < -0.39 is 17.5 Å². The lowest BCUT2D eigenvalue weighted by atomic mass is 10.1. The van der Waals surface area contributed by atoms with E-state index in [2.05, 4.69) is 21.2 Å². The van der Waals surface area contributed by atoms with Crippen molar-refractivity contribution in [1.82, 2.24) is 10.2 Å². The van der Waals surface area contributed by atoms with E-state index in [1.807, 2.05) is 27.7 Å². The van der Waals surface area contributed by atoms with E-state index in [1.165, 1.54) is 4.90 Å². The number of carbonyl (C=O) groups excluding carboxylic acids is 2. The number of hydrogen-bond acceptors (Lipinski definition) is 3. The van der Waals surface area contributed by atoms with E-state index in [4.69, 9.17) is 39.5 Å². The van der Waals surface area contributed by atoms with Crippen molar-refractivity contribution in [2.45, 2.75) is 52.2 Å². The first-order chi connectivity index (χ1) is 14.9. The molecule has 0 aliphatic rings. The van der Waals surface area contributed by atoms with Gasteiger partial charge in [0.25, 0.3) is 5.91 Å². The maximum atomic E-state index is 13.3. The van der Waals surface area contributed by atoms with Gasteiger partial charge in [0, 0.05) is 32.2 Å². The Morgan fingerprint density at radius 1 is 1.09 bits per heavy atom. The van der Waals surface area contributed by atoms with Crippen molar-refractivity contribution in [3.05, 3.63) is 61.5 Å². The van der Waals surface area contributed by atoms with E-state index in [9.17, 15) is 9.59 Å². The molecule has 2 rings (SSSR count). The third-order valence-electron chi connectivity index (χ3n) is 4.52. The highest BCUT2D eigenvalue weighted by Gasteiger charge is 2.31. The first kappa shape index (κ1) is 26.8. The predicted octanol–water partition coefficient (Wildman–Crippen LogP) is 6.51. The minimum Gasteiger partial charge on any atom is -0.482 e. The third kappa shape index (κ3) is 7.55. The quantitative estimate of drug-likeness (QED) is 0.398. The molecule has 2 aromatic rings. The summed E-state index contributed by atoms with van der Waals surface area (Å²) in [6, 6.07) is 9.48. The highest BCUT2D eigenvalue weighted by molar-refractivity contribution is 9.10. The van der Waals surface area contributed by atoms with Crippen LogP contribution < -0.4 is 10.1 Å². The van der Waals surface area contributed by atoms with Gasteiger partial charge in [0.2, 0.25) is 5.91 Å². The Hall–Kier alpha value is -1.47. The van der Waals surface area contributed by atoms with Gasteiger partial charge in [-0.15, -0.1) is 0 Å². The van der Waals surface area contributed by atoms with Crippen LogP contribution in [-0.2, 0) is 16.1 Å². The lowest BCUT2D eigenvalue weighted by Gasteiger charge is -2.33. The average molecular weight is 565 g/mol. The summed E-state index contributed by atoms with van der Waals surface area (Å²) in [4.78, 5) is 27.7. The average Bonchev–Trinajstić information content (AvgIpc) is 2.67. The second kappa shape index (κ2) is 11.6. The van der Waals surface area contributed by atoms with E-state index in [0.717, 1.165) is 4.47 Å². The molecule has 0 aliphatic heterocycles. The van der Waals surface area contributed by atoms with E-state index in [1.54, 1.807) is 36.4 Å². The number of hydrogen-bond donors (Lipinski definition) is 1. The summed E-state index contributed by atoms with van der Waals surface area (Å²) in [7, 11) is 0. The molecule has 0 fully saturated rings. The van der Waals surface area contributed by atoms with Crippen molar-refractivity contribution < 1.29 is 14.3 Å². The third-order valence-corrected chi connectivity index (χ3v) is 6.02. The highest BCUT2D eigenvalue weighted by atomic mass is 79.9. The van der Waals surface area contributed by atoms with Crippen LogP contribution in [0.5, 0.6) is 5.75 Å². The van der Waals surface area contributed by atoms with E-state index >= 15 is 0 Å². The topological polar surface area (TPSA) is 58.6 Å². The Bertz CT molecular complexity index is 959. The second-order valence-corrected chi connectivity index (χ2v) is 10.4. The van der Waals surface area contributed by atoms with Gasteiger partial charge in [0.05, 0.1) is 5.02 Å². The first-order valence-corrected chi connectivity index (χ1v) is 12.0. The van der Waals surface area contributed by atoms with Crippen LogP contribution in [0.4, 0.5) is 0 Å². The fourth-order valence-electron chi connectivity index (χ4n) is 3.04. The maximum absolute atomic E-state index is 13.3. The smallest absolute Gasteiger partial charge is 0.261 e. The molecule has 2 amide bonds. The number of nitrogens with zero attached hydrogens (tertiary/aromatic N) is 1. The summed E-state index contributed by atoms with van der Waals surface area (Å²) in [5.41, 5.74) is 0.107. The van der Waals surface area contributed by atoms with Crippen molar-refractivity contribution in [1.29, 1.82) is 0 Å². The summed E-state index contributed by atoms with van der Waals surface area (Å²) in [6.45, 7) is 7.25. The summed E-state index contributed by atoms with van der Waals surface area (Å²) >= 11 is 22.2. The monoisotopic (exact) mass is 562 g/mol. The molecule has 2 aromatic carbocycles. The number of nitrogens with one attached hydrogen (secondary N) is 1. The normalized spacial score (nSPS) is 12.2. The molecule has 1 atom stereocenters. The maximum Gasteiger partial charge on any atom is 0.261 e. The van der Waals surface area contributed by atoms with Crippen molar-refractivity contribution in [2.75, 3.05) is 6.61 Å². The summed E-state index contributed by atoms with van der Waals surface area (Å²) in [5.74, 6) is -0.291. The Labute approximate surface area is 212 Å². The van der Waals surface area contributed by atoms with Crippen LogP contribution in [0.15, 0.2) is 40.9 Å². The predicted molar refractivity (Wildman–Crippen MR) is 134 cm³/mol. The molecule has 0 unspecified atom stereocenters. The van der Waals surface area contributed by atoms with Crippen LogP contribution in [0.25, 0.3) is 0 Å². The van der Waals surface area contributed by atoms with Crippen molar-refractivity contribution >= 4 is 62.5 Å². The Morgan fingerprint density at radius 2 is 1.72 bits per heavy atom. The van der Waals surface area contributed by atoms with Crippen LogP contribution in [0.1, 0.15) is 39.7 Å². The number of benzene rings is 2. The number of halogens is 4. The highest BCUT2D eigenvalue weighted by Crippen LogP contribution is 2.29. The summed E-state index contributed by atoms with van der Waals surface area (Å²) in [5, 5.41) is 4.14. The van der Waals surface area contributed by atoms with Gasteiger partial charge < -0.3 is 15.0 Å². The Morgan fingerprint density at radius 3 is 2.25 bits per heavy atom. The standard InChI is InChI=1S/C23H26BrCl3N2O3/c1-5-19(22(31)28-23(2,3)4)29(12-15-16(25)7-6-8-17(15)26)21(30)13-32-20-10-9-14(24)11-18(20)27/h6-11,19H,5,12-13H2,1-4H3,(H,28,31)/t19-/m0/s1. The van der Waals surface area contributed by atoms with Crippen LogP contribution >= 0.6 is 50.7 Å². The molecule has 0 heterocycles. The molecule has 32 heavy (non-hydrogen) atoms. The number of amides is 2. The van der Waals surface area contributed by atoms with E-state index in [-0.39, 0.29) is 19.1 Å². The van der Waals surface area contributed by atoms with E-state index in [0.29, 0.717) is 32.8 Å². The Balaban J connectivity index is 2.33. The molecule has 0 saturated heterocycles. The molecule has 1 N–H and O–H groups in total. The molecule has 0 radical (unpaired) electrons. The fraction of sp³-hybridized carbons (Fsp3) is 0.391. The molecule has 174 valence electrons. The largest absolute Gasteiger partial charge is 0.482 e. The van der Waals surface area contributed by atoms with Crippen LogP contribution in [0, 0.1) is 0 Å². The Kier molecular flexibility index (Phi) is 9.70. The van der Waals surface area contributed by atoms with Gasteiger partial charge in [0.15, 0.2) is 6.61 Å². The number of carbonyl (C=O) groups is 2. The zero-order valence-electron chi connectivity index (χ0n) is 18.3. The van der Waals surface area contributed by atoms with Gasteiger partial charge in [-0.3, -0.25) is 9.59 Å². The second-order valence-electron chi connectivity index (χ2n) is 8.25. The molecule has 0 spiro atoms. The molecule has 9 heteroatoms. The molecule has 5 nitrogen and oxygen atoms in total.